The highest BCUT2D eigenvalue weighted by Crippen LogP contribution is 2.30. The van der Waals surface area contributed by atoms with E-state index in [1.807, 2.05) is 0 Å². The van der Waals surface area contributed by atoms with Crippen molar-refractivity contribution >= 4 is 23.9 Å². The molecular formula is C17H24O9. The number of rotatable bonds is 7. The van der Waals surface area contributed by atoms with Crippen molar-refractivity contribution in [1.29, 1.82) is 0 Å². The summed E-state index contributed by atoms with van der Waals surface area (Å²) in [6.07, 6.45) is -3.11. The SMILES string of the molecule is C=CC[C@@H]1O[C@H](COC(C)=O)[C@@H](OC(C)=O)[C@H](OC(C)=O)[C@@H]1OC(C)=O. The third kappa shape index (κ3) is 6.47. The lowest BCUT2D eigenvalue weighted by molar-refractivity contribution is -0.251. The molecule has 9 nitrogen and oxygen atoms in total. The Morgan fingerprint density at radius 1 is 0.808 bits per heavy atom. The molecular weight excluding hydrogens is 348 g/mol. The Morgan fingerprint density at radius 2 is 1.27 bits per heavy atom. The Labute approximate surface area is 151 Å². The summed E-state index contributed by atoms with van der Waals surface area (Å²) in [5, 5.41) is 0. The third-order valence-corrected chi connectivity index (χ3v) is 3.49. The van der Waals surface area contributed by atoms with E-state index in [-0.39, 0.29) is 13.0 Å². The van der Waals surface area contributed by atoms with E-state index >= 15 is 0 Å². The molecule has 0 radical (unpaired) electrons. The largest absolute Gasteiger partial charge is 0.463 e. The van der Waals surface area contributed by atoms with E-state index in [2.05, 4.69) is 6.58 Å². The summed E-state index contributed by atoms with van der Waals surface area (Å²) in [5.74, 6) is -2.49. The summed E-state index contributed by atoms with van der Waals surface area (Å²) in [7, 11) is 0. The molecule has 1 aliphatic rings. The molecule has 1 aliphatic heterocycles. The molecule has 0 saturated carbocycles. The topological polar surface area (TPSA) is 114 Å². The smallest absolute Gasteiger partial charge is 0.303 e. The number of hydrogen-bond acceptors (Lipinski definition) is 9. The average molecular weight is 372 g/mol. The lowest BCUT2D eigenvalue weighted by Crippen LogP contribution is -2.62. The fourth-order valence-corrected chi connectivity index (χ4v) is 2.67. The Bertz CT molecular complexity index is 556. The van der Waals surface area contributed by atoms with E-state index < -0.39 is 54.4 Å². The van der Waals surface area contributed by atoms with Crippen LogP contribution in [-0.4, -0.2) is 61.0 Å². The molecule has 0 N–H and O–H groups in total. The number of ether oxygens (including phenoxy) is 5. The first-order valence-corrected chi connectivity index (χ1v) is 8.07. The van der Waals surface area contributed by atoms with Gasteiger partial charge in [0.1, 0.15) is 18.8 Å². The van der Waals surface area contributed by atoms with Crippen LogP contribution in [0.25, 0.3) is 0 Å². The molecule has 9 heteroatoms. The van der Waals surface area contributed by atoms with Crippen molar-refractivity contribution in [2.75, 3.05) is 6.61 Å². The van der Waals surface area contributed by atoms with Gasteiger partial charge in [-0.15, -0.1) is 6.58 Å². The molecule has 1 saturated heterocycles. The zero-order chi connectivity index (χ0) is 19.9. The van der Waals surface area contributed by atoms with Gasteiger partial charge in [-0.05, 0) is 6.42 Å². The van der Waals surface area contributed by atoms with Gasteiger partial charge in [-0.25, -0.2) is 0 Å². The molecule has 0 bridgehead atoms. The van der Waals surface area contributed by atoms with Gasteiger partial charge in [0.05, 0.1) is 0 Å². The Kier molecular flexibility index (Phi) is 8.24. The minimum atomic E-state index is -1.13. The van der Waals surface area contributed by atoms with Crippen LogP contribution in [-0.2, 0) is 42.9 Å². The van der Waals surface area contributed by atoms with Crippen LogP contribution in [0.1, 0.15) is 34.1 Å². The first-order valence-electron chi connectivity index (χ1n) is 8.07. The molecule has 26 heavy (non-hydrogen) atoms. The lowest BCUT2D eigenvalue weighted by atomic mass is 9.92. The van der Waals surface area contributed by atoms with Crippen molar-refractivity contribution in [3.05, 3.63) is 12.7 Å². The van der Waals surface area contributed by atoms with Crippen molar-refractivity contribution in [3.63, 3.8) is 0 Å². The van der Waals surface area contributed by atoms with Crippen molar-refractivity contribution in [3.8, 4) is 0 Å². The van der Waals surface area contributed by atoms with Crippen LogP contribution in [0.2, 0.25) is 0 Å². The molecule has 1 rings (SSSR count). The summed E-state index contributed by atoms with van der Waals surface area (Å²) in [6.45, 7) is 8.15. The van der Waals surface area contributed by atoms with Gasteiger partial charge in [0.15, 0.2) is 18.3 Å². The molecule has 0 amide bonds. The van der Waals surface area contributed by atoms with Crippen molar-refractivity contribution < 1.29 is 42.9 Å². The Balaban J connectivity index is 3.24. The van der Waals surface area contributed by atoms with Crippen LogP contribution < -0.4 is 0 Å². The van der Waals surface area contributed by atoms with Crippen LogP contribution in [0.5, 0.6) is 0 Å². The zero-order valence-electron chi connectivity index (χ0n) is 15.3. The predicted molar refractivity (Wildman–Crippen MR) is 86.8 cm³/mol. The second-order valence-electron chi connectivity index (χ2n) is 5.76. The fraction of sp³-hybridized carbons (Fsp3) is 0.647. The molecule has 0 aromatic carbocycles. The maximum absolute atomic E-state index is 11.6. The van der Waals surface area contributed by atoms with Crippen LogP contribution in [0, 0.1) is 0 Å². The minimum absolute atomic E-state index is 0.231. The molecule has 5 atom stereocenters. The van der Waals surface area contributed by atoms with Crippen LogP contribution in [0.15, 0.2) is 12.7 Å². The number of hydrogen-bond donors (Lipinski definition) is 0. The van der Waals surface area contributed by atoms with Gasteiger partial charge in [0.25, 0.3) is 0 Å². The quantitative estimate of drug-likeness (QED) is 0.361. The van der Waals surface area contributed by atoms with Gasteiger partial charge >= 0.3 is 23.9 Å². The molecule has 0 aliphatic carbocycles. The Hall–Kier alpha value is -2.42. The maximum Gasteiger partial charge on any atom is 0.303 e. The molecule has 1 heterocycles. The van der Waals surface area contributed by atoms with E-state index in [1.165, 1.54) is 27.7 Å². The second kappa shape index (κ2) is 9.91. The molecule has 0 aromatic heterocycles. The number of carbonyl (C=O) groups is 4. The highest BCUT2D eigenvalue weighted by atomic mass is 16.7. The summed E-state index contributed by atoms with van der Waals surface area (Å²) in [5.41, 5.74) is 0. The van der Waals surface area contributed by atoms with Gasteiger partial charge in [-0.3, -0.25) is 19.2 Å². The Morgan fingerprint density at radius 3 is 1.69 bits per heavy atom. The average Bonchev–Trinajstić information content (AvgIpc) is 2.50. The first kappa shape index (κ1) is 21.6. The van der Waals surface area contributed by atoms with Gasteiger partial charge in [0.2, 0.25) is 0 Å². The molecule has 0 aromatic rings. The van der Waals surface area contributed by atoms with Crippen LogP contribution in [0.4, 0.5) is 0 Å². The zero-order valence-corrected chi connectivity index (χ0v) is 15.3. The first-order chi connectivity index (χ1) is 12.1. The predicted octanol–water partition coefficient (Wildman–Crippen LogP) is 0.688. The van der Waals surface area contributed by atoms with Gasteiger partial charge in [-0.1, -0.05) is 6.08 Å². The fourth-order valence-electron chi connectivity index (χ4n) is 2.67. The summed E-state index contributed by atoms with van der Waals surface area (Å²) >= 11 is 0. The van der Waals surface area contributed by atoms with Crippen molar-refractivity contribution in [2.24, 2.45) is 0 Å². The van der Waals surface area contributed by atoms with Gasteiger partial charge < -0.3 is 23.7 Å². The standard InChI is InChI=1S/C17H24O9/c1-6-7-13-15(23-10(3)19)17(25-12(5)21)16(24-11(4)20)14(26-13)8-22-9(2)18/h6,13-17H,1,7-8H2,2-5H3/t13-,14+,15+,16+,17+/m0/s1. The molecule has 1 fully saturated rings. The normalized spacial score (nSPS) is 27.8. The molecule has 0 unspecified atom stereocenters. The highest BCUT2D eigenvalue weighted by molar-refractivity contribution is 5.68. The minimum Gasteiger partial charge on any atom is -0.463 e. The number of esters is 4. The van der Waals surface area contributed by atoms with E-state index in [9.17, 15) is 19.2 Å². The summed E-state index contributed by atoms with van der Waals surface area (Å²) in [4.78, 5) is 45.7. The van der Waals surface area contributed by atoms with Crippen molar-refractivity contribution in [1.82, 2.24) is 0 Å². The molecule has 146 valence electrons. The summed E-state index contributed by atoms with van der Waals surface area (Å²) in [6, 6.07) is 0. The highest BCUT2D eigenvalue weighted by Gasteiger charge is 2.51. The van der Waals surface area contributed by atoms with Crippen LogP contribution in [0.3, 0.4) is 0 Å². The van der Waals surface area contributed by atoms with E-state index in [4.69, 9.17) is 23.7 Å². The summed E-state index contributed by atoms with van der Waals surface area (Å²) < 4.78 is 26.6. The van der Waals surface area contributed by atoms with E-state index in [0.29, 0.717) is 0 Å². The maximum atomic E-state index is 11.6. The number of carbonyl (C=O) groups excluding carboxylic acids is 4. The monoisotopic (exact) mass is 372 g/mol. The lowest BCUT2D eigenvalue weighted by Gasteiger charge is -2.44. The van der Waals surface area contributed by atoms with Crippen molar-refractivity contribution in [2.45, 2.75) is 64.6 Å². The second-order valence-corrected chi connectivity index (χ2v) is 5.76. The molecule has 0 spiro atoms. The van der Waals surface area contributed by atoms with Gasteiger partial charge in [0, 0.05) is 27.7 Å². The van der Waals surface area contributed by atoms with E-state index in [0.717, 1.165) is 0 Å². The van der Waals surface area contributed by atoms with Crippen LogP contribution >= 0.6 is 0 Å². The van der Waals surface area contributed by atoms with E-state index in [1.54, 1.807) is 6.08 Å². The van der Waals surface area contributed by atoms with Gasteiger partial charge in [-0.2, -0.15) is 0 Å². The third-order valence-electron chi connectivity index (χ3n) is 3.49.